The Hall–Kier alpha value is -1.79. The van der Waals surface area contributed by atoms with Crippen LogP contribution >= 0.6 is 22.7 Å². The van der Waals surface area contributed by atoms with E-state index in [0.29, 0.717) is 12.8 Å². The second-order valence-electron chi connectivity index (χ2n) is 7.40. The van der Waals surface area contributed by atoms with Gasteiger partial charge in [-0.2, -0.15) is 0 Å². The first kappa shape index (κ1) is 18.6. The third-order valence-corrected chi connectivity index (χ3v) is 7.67. The van der Waals surface area contributed by atoms with E-state index in [4.69, 9.17) is 4.98 Å². The Morgan fingerprint density at radius 2 is 2.04 bits per heavy atom. The number of aldehydes is 1. The topological polar surface area (TPSA) is 59.1 Å². The first-order chi connectivity index (χ1) is 13.2. The van der Waals surface area contributed by atoms with Crippen molar-refractivity contribution in [3.05, 3.63) is 33.7 Å². The van der Waals surface area contributed by atoms with E-state index in [9.17, 15) is 9.59 Å². The predicted octanol–water partition coefficient (Wildman–Crippen LogP) is 5.17. The van der Waals surface area contributed by atoms with Crippen LogP contribution in [0.3, 0.4) is 0 Å². The number of hydrogen-bond acceptors (Lipinski definition) is 5. The van der Waals surface area contributed by atoms with Gasteiger partial charge < -0.3 is 10.1 Å². The first-order valence-electron chi connectivity index (χ1n) is 9.65. The summed E-state index contributed by atoms with van der Waals surface area (Å²) in [7, 11) is 0. The van der Waals surface area contributed by atoms with Crippen LogP contribution in [0, 0.1) is 18.8 Å². The summed E-state index contributed by atoms with van der Waals surface area (Å²) in [4.78, 5) is 30.5. The van der Waals surface area contributed by atoms with Gasteiger partial charge in [0.1, 0.15) is 16.3 Å². The van der Waals surface area contributed by atoms with E-state index in [2.05, 4.69) is 10.7 Å². The number of fused-ring (bicyclic) bond motifs is 1. The van der Waals surface area contributed by atoms with Crippen molar-refractivity contribution in [2.75, 3.05) is 5.32 Å². The number of anilines is 1. The molecule has 0 spiro atoms. The minimum atomic E-state index is -0.278. The van der Waals surface area contributed by atoms with Crippen molar-refractivity contribution in [3.8, 4) is 10.6 Å². The van der Waals surface area contributed by atoms with Crippen LogP contribution in [0.15, 0.2) is 17.5 Å². The number of aromatic nitrogens is 1. The maximum atomic E-state index is 13.0. The van der Waals surface area contributed by atoms with Crippen molar-refractivity contribution < 1.29 is 9.59 Å². The summed E-state index contributed by atoms with van der Waals surface area (Å²) in [5.41, 5.74) is 3.51. The number of nitrogens with one attached hydrogen (secondary N) is 1. The highest BCUT2D eigenvalue weighted by molar-refractivity contribution is 7.18. The summed E-state index contributed by atoms with van der Waals surface area (Å²) in [6.45, 7) is 2.01. The summed E-state index contributed by atoms with van der Waals surface area (Å²) in [5, 5.41) is 7.16. The molecule has 6 heteroatoms. The summed E-state index contributed by atoms with van der Waals surface area (Å²) in [5.74, 6) is -0.541. The lowest BCUT2D eigenvalue weighted by molar-refractivity contribution is -0.125. The van der Waals surface area contributed by atoms with Crippen LogP contribution in [0.1, 0.15) is 48.2 Å². The lowest BCUT2D eigenvalue weighted by Crippen LogP contribution is -2.31. The van der Waals surface area contributed by atoms with Crippen LogP contribution in [-0.2, 0) is 22.4 Å². The molecule has 4 nitrogen and oxygen atoms in total. The number of aryl methyl sites for hydroxylation is 2. The molecule has 2 unspecified atom stereocenters. The Balaban J connectivity index is 1.68. The zero-order chi connectivity index (χ0) is 18.8. The van der Waals surface area contributed by atoms with Gasteiger partial charge >= 0.3 is 0 Å². The van der Waals surface area contributed by atoms with Gasteiger partial charge in [0.15, 0.2) is 0 Å². The Bertz CT molecular complexity index is 881. The molecule has 2 aliphatic rings. The molecule has 27 heavy (non-hydrogen) atoms. The van der Waals surface area contributed by atoms with Gasteiger partial charge in [0.05, 0.1) is 5.92 Å². The number of thiophene rings is 1. The van der Waals surface area contributed by atoms with Gasteiger partial charge in [-0.25, -0.2) is 4.98 Å². The highest BCUT2D eigenvalue weighted by Gasteiger charge is 2.31. The Morgan fingerprint density at radius 1 is 1.22 bits per heavy atom. The fraction of sp³-hybridized carbons (Fsp3) is 0.476. The van der Waals surface area contributed by atoms with Crippen LogP contribution in [0.2, 0.25) is 0 Å². The van der Waals surface area contributed by atoms with Crippen LogP contribution in [0.25, 0.3) is 10.6 Å². The van der Waals surface area contributed by atoms with E-state index in [1.165, 1.54) is 29.7 Å². The standard InChI is InChI=1S/C21H24N2O2S2/c1-13-12-26-20(22-13)18-16-9-3-2-4-10-17(16)27-21(18)23-19(25)15-8-6-5-7-14(15)11-24/h5-6,11-12,14-15H,2-4,7-10H2,1H3,(H,23,25). The fourth-order valence-electron chi connectivity index (χ4n) is 4.02. The summed E-state index contributed by atoms with van der Waals surface area (Å²) in [6.07, 6.45) is 12.0. The zero-order valence-corrected chi connectivity index (χ0v) is 17.1. The molecule has 2 aromatic rings. The number of thiazole rings is 1. The predicted molar refractivity (Wildman–Crippen MR) is 111 cm³/mol. The highest BCUT2D eigenvalue weighted by atomic mass is 32.1. The van der Waals surface area contributed by atoms with Gasteiger partial charge in [-0.15, -0.1) is 22.7 Å². The molecule has 2 aliphatic carbocycles. The van der Waals surface area contributed by atoms with E-state index in [1.807, 2.05) is 19.1 Å². The first-order valence-corrected chi connectivity index (χ1v) is 11.3. The minimum absolute atomic E-state index is 0.0395. The minimum Gasteiger partial charge on any atom is -0.317 e. The van der Waals surface area contributed by atoms with E-state index in [0.717, 1.165) is 40.4 Å². The quantitative estimate of drug-likeness (QED) is 0.438. The zero-order valence-electron chi connectivity index (χ0n) is 15.5. The largest absolute Gasteiger partial charge is 0.317 e. The van der Waals surface area contributed by atoms with Crippen LogP contribution < -0.4 is 5.32 Å². The normalized spacial score (nSPS) is 22.1. The molecule has 4 rings (SSSR count). The molecule has 2 aromatic heterocycles. The summed E-state index contributed by atoms with van der Waals surface area (Å²) >= 11 is 3.35. The van der Waals surface area contributed by atoms with Crippen LogP contribution in [-0.4, -0.2) is 17.2 Å². The molecule has 2 atom stereocenters. The second kappa shape index (κ2) is 8.07. The second-order valence-corrected chi connectivity index (χ2v) is 9.36. The molecule has 0 saturated carbocycles. The van der Waals surface area contributed by atoms with Crippen molar-refractivity contribution >= 4 is 39.9 Å². The van der Waals surface area contributed by atoms with E-state index in [1.54, 1.807) is 22.7 Å². The van der Waals surface area contributed by atoms with Crippen molar-refractivity contribution in [1.82, 2.24) is 4.98 Å². The molecule has 142 valence electrons. The molecule has 0 aliphatic heterocycles. The molecule has 1 amide bonds. The van der Waals surface area contributed by atoms with E-state index >= 15 is 0 Å². The molecular weight excluding hydrogens is 376 g/mol. The van der Waals surface area contributed by atoms with Crippen molar-refractivity contribution in [1.29, 1.82) is 0 Å². The van der Waals surface area contributed by atoms with Gasteiger partial charge in [0.2, 0.25) is 5.91 Å². The molecular formula is C21H24N2O2S2. The van der Waals surface area contributed by atoms with Gasteiger partial charge in [-0.1, -0.05) is 18.6 Å². The Kier molecular flexibility index (Phi) is 5.55. The van der Waals surface area contributed by atoms with Crippen LogP contribution in [0.4, 0.5) is 5.00 Å². The maximum Gasteiger partial charge on any atom is 0.229 e. The number of nitrogens with zero attached hydrogens (tertiary/aromatic N) is 1. The average molecular weight is 401 g/mol. The molecule has 0 radical (unpaired) electrons. The smallest absolute Gasteiger partial charge is 0.229 e. The summed E-state index contributed by atoms with van der Waals surface area (Å²) in [6, 6.07) is 0. The van der Waals surface area contributed by atoms with Crippen molar-refractivity contribution in [2.45, 2.75) is 51.9 Å². The van der Waals surface area contributed by atoms with E-state index < -0.39 is 0 Å². The number of rotatable bonds is 4. The number of hydrogen-bond donors (Lipinski definition) is 1. The maximum absolute atomic E-state index is 13.0. The average Bonchev–Trinajstić information content (AvgIpc) is 3.16. The Labute approximate surface area is 167 Å². The number of carbonyl (C=O) groups is 2. The lowest BCUT2D eigenvalue weighted by atomic mass is 9.83. The molecule has 0 aromatic carbocycles. The fourth-order valence-corrected chi connectivity index (χ4v) is 6.25. The molecule has 2 heterocycles. The summed E-state index contributed by atoms with van der Waals surface area (Å²) < 4.78 is 0. The van der Waals surface area contributed by atoms with Crippen molar-refractivity contribution in [2.24, 2.45) is 11.8 Å². The molecule has 0 saturated heterocycles. The van der Waals surface area contributed by atoms with Gasteiger partial charge in [0.25, 0.3) is 0 Å². The third kappa shape index (κ3) is 3.78. The molecule has 0 fully saturated rings. The molecule has 1 N–H and O–H groups in total. The van der Waals surface area contributed by atoms with Crippen molar-refractivity contribution in [3.63, 3.8) is 0 Å². The monoisotopic (exact) mass is 400 g/mol. The third-order valence-electron chi connectivity index (χ3n) is 5.48. The SMILES string of the molecule is Cc1csc(-c2c(NC(=O)C3CC=CCC3C=O)sc3c2CCCCC3)n1. The number of amides is 1. The highest BCUT2D eigenvalue weighted by Crippen LogP contribution is 2.45. The number of allylic oxidation sites excluding steroid dienone is 2. The van der Waals surface area contributed by atoms with Gasteiger partial charge in [-0.05, 0) is 51.0 Å². The lowest BCUT2D eigenvalue weighted by Gasteiger charge is -2.23. The van der Waals surface area contributed by atoms with Gasteiger partial charge in [-0.3, -0.25) is 4.79 Å². The Morgan fingerprint density at radius 3 is 2.81 bits per heavy atom. The van der Waals surface area contributed by atoms with E-state index in [-0.39, 0.29) is 17.7 Å². The van der Waals surface area contributed by atoms with Gasteiger partial charge in [0, 0.05) is 27.4 Å². The number of carbonyl (C=O) groups excluding carboxylic acids is 2. The molecule has 0 bridgehead atoms. The van der Waals surface area contributed by atoms with Crippen LogP contribution in [0.5, 0.6) is 0 Å².